The molecule has 0 radical (unpaired) electrons. The summed E-state index contributed by atoms with van der Waals surface area (Å²) >= 11 is 3.41. The number of hydrogen-bond donors (Lipinski definition) is 4. The number of amides is 2. The first-order valence-corrected chi connectivity index (χ1v) is 9.07. The zero-order valence-electron chi connectivity index (χ0n) is 14.2. The van der Waals surface area contributed by atoms with Gasteiger partial charge in [-0.2, -0.15) is 0 Å². The van der Waals surface area contributed by atoms with Crippen molar-refractivity contribution in [2.45, 2.75) is 57.8 Å². The molecule has 0 spiro atoms. The molecule has 4 N–H and O–H groups in total. The molecule has 2 amide bonds. The van der Waals surface area contributed by atoms with Gasteiger partial charge in [0.25, 0.3) is 0 Å². The highest BCUT2D eigenvalue weighted by atomic mass is 79.9. The number of nitrogens with one attached hydrogen (secondary N) is 4. The van der Waals surface area contributed by atoms with Gasteiger partial charge in [0, 0.05) is 16.6 Å². The lowest BCUT2D eigenvalue weighted by atomic mass is 10.0. The number of halogens is 1. The van der Waals surface area contributed by atoms with Crippen LogP contribution in [0.1, 0.15) is 45.2 Å². The van der Waals surface area contributed by atoms with Crippen molar-refractivity contribution in [3.05, 3.63) is 34.3 Å². The Labute approximate surface area is 151 Å². The molecule has 0 aromatic heterocycles. The maximum Gasteiger partial charge on any atom is 0.242 e. The number of carbonyl (C=O) groups excluding carboxylic acids is 2. The molecule has 132 valence electrons. The summed E-state index contributed by atoms with van der Waals surface area (Å²) in [5.74, 6) is -0.331. The van der Waals surface area contributed by atoms with Crippen LogP contribution in [-0.2, 0) is 9.59 Å². The van der Waals surface area contributed by atoms with Gasteiger partial charge in [0.1, 0.15) is 12.1 Å². The minimum absolute atomic E-state index is 0.0677. The van der Waals surface area contributed by atoms with E-state index in [0.717, 1.165) is 16.5 Å². The molecule has 0 saturated carbocycles. The molecule has 24 heavy (non-hydrogen) atoms. The summed E-state index contributed by atoms with van der Waals surface area (Å²) in [7, 11) is 0. The molecule has 1 saturated heterocycles. The van der Waals surface area contributed by atoms with Crippen LogP contribution in [0.3, 0.4) is 0 Å². The maximum absolute atomic E-state index is 12.3. The van der Waals surface area contributed by atoms with E-state index in [9.17, 15) is 9.59 Å². The molecule has 2 rings (SSSR count). The van der Waals surface area contributed by atoms with Gasteiger partial charge in [-0.05, 0) is 44.4 Å². The number of benzene rings is 1. The third-order valence-corrected chi connectivity index (χ3v) is 4.77. The molecule has 0 aliphatic carbocycles. The highest BCUT2D eigenvalue weighted by Gasteiger charge is 2.31. The van der Waals surface area contributed by atoms with Crippen LogP contribution in [0, 0.1) is 0 Å². The number of rotatable bonds is 6. The quantitative estimate of drug-likeness (QED) is 0.590. The molecule has 1 aliphatic rings. The van der Waals surface area contributed by atoms with Gasteiger partial charge >= 0.3 is 0 Å². The molecular weight excluding hydrogens is 372 g/mol. The first-order valence-electron chi connectivity index (χ1n) is 8.28. The van der Waals surface area contributed by atoms with E-state index in [4.69, 9.17) is 0 Å². The summed E-state index contributed by atoms with van der Waals surface area (Å²) in [6.45, 7) is 5.65. The third kappa shape index (κ3) is 5.03. The van der Waals surface area contributed by atoms with Gasteiger partial charge in [0.05, 0.1) is 0 Å². The fraction of sp³-hybridized carbons (Fsp3) is 0.529. The van der Waals surface area contributed by atoms with Crippen LogP contribution in [0.25, 0.3) is 0 Å². The molecule has 4 unspecified atom stereocenters. The zero-order chi connectivity index (χ0) is 17.7. The minimum atomic E-state index is -0.556. The average Bonchev–Trinajstić information content (AvgIpc) is 3.05. The van der Waals surface area contributed by atoms with E-state index in [0.29, 0.717) is 6.42 Å². The van der Waals surface area contributed by atoms with Crippen molar-refractivity contribution in [1.29, 1.82) is 0 Å². The summed E-state index contributed by atoms with van der Waals surface area (Å²) in [5, 5.41) is 5.64. The van der Waals surface area contributed by atoms with Crippen molar-refractivity contribution >= 4 is 27.7 Å². The van der Waals surface area contributed by atoms with Gasteiger partial charge in [-0.15, -0.1) is 0 Å². The lowest BCUT2D eigenvalue weighted by molar-refractivity contribution is -0.129. The Hall–Kier alpha value is -1.44. The Morgan fingerprint density at radius 1 is 1.21 bits per heavy atom. The summed E-state index contributed by atoms with van der Waals surface area (Å²) in [4.78, 5) is 24.4. The largest absolute Gasteiger partial charge is 0.352 e. The van der Waals surface area contributed by atoms with E-state index in [1.54, 1.807) is 6.92 Å². The van der Waals surface area contributed by atoms with Crippen LogP contribution in [-0.4, -0.2) is 29.9 Å². The summed E-state index contributed by atoms with van der Waals surface area (Å²) in [6, 6.07) is 7.25. The molecule has 1 heterocycles. The molecule has 0 bridgehead atoms. The molecule has 1 aliphatic heterocycles. The molecule has 7 heteroatoms. The van der Waals surface area contributed by atoms with Crippen LogP contribution >= 0.6 is 15.9 Å². The van der Waals surface area contributed by atoms with Crippen molar-refractivity contribution in [1.82, 2.24) is 21.5 Å². The third-order valence-electron chi connectivity index (χ3n) is 4.25. The number of carbonyl (C=O) groups is 2. The fourth-order valence-electron chi connectivity index (χ4n) is 2.49. The van der Waals surface area contributed by atoms with E-state index in [-0.39, 0.29) is 29.9 Å². The van der Waals surface area contributed by atoms with Gasteiger partial charge in [0.15, 0.2) is 0 Å². The molecule has 4 atom stereocenters. The van der Waals surface area contributed by atoms with Gasteiger partial charge in [-0.25, -0.2) is 10.9 Å². The van der Waals surface area contributed by atoms with Gasteiger partial charge in [-0.1, -0.05) is 35.0 Å². The maximum atomic E-state index is 12.3. The Bertz CT molecular complexity index is 578. The minimum Gasteiger partial charge on any atom is -0.352 e. The lowest BCUT2D eigenvalue weighted by Crippen LogP contribution is -2.52. The van der Waals surface area contributed by atoms with Crippen molar-refractivity contribution in [3.63, 3.8) is 0 Å². The second kappa shape index (κ2) is 8.60. The SMILES string of the molecule is CCC(C)NC(=O)C(C)NC(=O)C1CC(c2ccc(Br)cc2)NN1. The standard InChI is InChI=1S/C17H25BrN4O2/c1-4-10(2)19-16(23)11(3)20-17(24)15-9-14(21-22-15)12-5-7-13(18)8-6-12/h5-8,10-11,14-15,21-22H,4,9H2,1-3H3,(H,19,23)(H,20,24). The average molecular weight is 397 g/mol. The lowest BCUT2D eigenvalue weighted by Gasteiger charge is -2.19. The molecule has 1 aromatic rings. The Kier molecular flexibility index (Phi) is 6.77. The van der Waals surface area contributed by atoms with Crippen molar-refractivity contribution in [2.75, 3.05) is 0 Å². The van der Waals surface area contributed by atoms with E-state index in [1.807, 2.05) is 38.1 Å². The monoisotopic (exact) mass is 396 g/mol. The van der Waals surface area contributed by atoms with Gasteiger partial charge in [0.2, 0.25) is 11.8 Å². The van der Waals surface area contributed by atoms with E-state index in [2.05, 4.69) is 37.4 Å². The van der Waals surface area contributed by atoms with Crippen LogP contribution in [0.5, 0.6) is 0 Å². The Morgan fingerprint density at radius 2 is 1.88 bits per heavy atom. The second-order valence-corrected chi connectivity index (χ2v) is 7.14. The van der Waals surface area contributed by atoms with Gasteiger partial charge in [-0.3, -0.25) is 9.59 Å². The normalized spacial score (nSPS) is 22.7. The van der Waals surface area contributed by atoms with Crippen molar-refractivity contribution in [3.8, 4) is 0 Å². The van der Waals surface area contributed by atoms with E-state index >= 15 is 0 Å². The highest BCUT2D eigenvalue weighted by Crippen LogP contribution is 2.23. The Morgan fingerprint density at radius 3 is 2.50 bits per heavy atom. The van der Waals surface area contributed by atoms with Crippen LogP contribution in [0.2, 0.25) is 0 Å². The van der Waals surface area contributed by atoms with Crippen molar-refractivity contribution in [2.24, 2.45) is 0 Å². The van der Waals surface area contributed by atoms with E-state index < -0.39 is 6.04 Å². The van der Waals surface area contributed by atoms with Crippen LogP contribution in [0.15, 0.2) is 28.7 Å². The van der Waals surface area contributed by atoms with E-state index in [1.165, 1.54) is 0 Å². The molecular formula is C17H25BrN4O2. The first kappa shape index (κ1) is 18.9. The zero-order valence-corrected chi connectivity index (χ0v) is 15.8. The van der Waals surface area contributed by atoms with Crippen LogP contribution in [0.4, 0.5) is 0 Å². The molecule has 1 fully saturated rings. The van der Waals surface area contributed by atoms with Gasteiger partial charge < -0.3 is 10.6 Å². The predicted octanol–water partition coefficient (Wildman–Crippen LogP) is 1.78. The Balaban J connectivity index is 1.85. The second-order valence-electron chi connectivity index (χ2n) is 6.23. The summed E-state index contributed by atoms with van der Waals surface area (Å²) in [5.41, 5.74) is 7.27. The van der Waals surface area contributed by atoms with Crippen molar-refractivity contribution < 1.29 is 9.59 Å². The predicted molar refractivity (Wildman–Crippen MR) is 97.1 cm³/mol. The smallest absolute Gasteiger partial charge is 0.242 e. The highest BCUT2D eigenvalue weighted by molar-refractivity contribution is 9.10. The fourth-order valence-corrected chi connectivity index (χ4v) is 2.76. The summed E-state index contributed by atoms with van der Waals surface area (Å²) in [6.07, 6.45) is 1.49. The number of hydrazine groups is 1. The molecule has 1 aromatic carbocycles. The molecule has 6 nitrogen and oxygen atoms in total. The topological polar surface area (TPSA) is 82.3 Å². The summed E-state index contributed by atoms with van der Waals surface area (Å²) < 4.78 is 1.02. The van der Waals surface area contributed by atoms with Crippen LogP contribution < -0.4 is 21.5 Å². The number of hydrogen-bond acceptors (Lipinski definition) is 4. The first-order chi connectivity index (χ1) is 11.4.